The smallest absolute Gasteiger partial charge is 0.344 e. The Hall–Kier alpha value is -2.09. The third-order valence-electron chi connectivity index (χ3n) is 3.82. The molecule has 1 atom stereocenters. The van der Waals surface area contributed by atoms with E-state index in [1.54, 1.807) is 0 Å². The number of alkyl halides is 3. The highest BCUT2D eigenvalue weighted by Crippen LogP contribution is 2.32. The SMILES string of the molecule is CN(C)CCN(C(=O)C1CCC(=O)N1)c1cccc(C(F)(F)F)c1. The van der Waals surface area contributed by atoms with Crippen LogP contribution in [0.25, 0.3) is 0 Å². The molecule has 1 fully saturated rings. The minimum absolute atomic E-state index is 0.179. The number of hydrogen-bond donors (Lipinski definition) is 1. The third kappa shape index (κ3) is 4.47. The van der Waals surface area contributed by atoms with E-state index in [4.69, 9.17) is 0 Å². The average Bonchev–Trinajstić information content (AvgIpc) is 2.93. The molecule has 1 aromatic rings. The maximum atomic E-state index is 12.9. The molecule has 1 heterocycles. The van der Waals surface area contributed by atoms with E-state index < -0.39 is 17.8 Å². The molecule has 1 aromatic carbocycles. The zero-order chi connectivity index (χ0) is 17.9. The number of hydrogen-bond acceptors (Lipinski definition) is 3. The molecule has 1 saturated heterocycles. The summed E-state index contributed by atoms with van der Waals surface area (Å²) in [6, 6.07) is 4.00. The van der Waals surface area contributed by atoms with Crippen molar-refractivity contribution in [3.05, 3.63) is 29.8 Å². The molecule has 0 aliphatic carbocycles. The van der Waals surface area contributed by atoms with Crippen LogP contribution in [0.4, 0.5) is 18.9 Å². The van der Waals surface area contributed by atoms with E-state index in [0.717, 1.165) is 12.1 Å². The molecule has 0 aromatic heterocycles. The Bertz CT molecular complexity index is 617. The van der Waals surface area contributed by atoms with Gasteiger partial charge in [0.2, 0.25) is 11.8 Å². The highest BCUT2D eigenvalue weighted by molar-refractivity contribution is 6.00. The van der Waals surface area contributed by atoms with E-state index in [2.05, 4.69) is 5.32 Å². The summed E-state index contributed by atoms with van der Waals surface area (Å²) in [5.74, 6) is -0.605. The van der Waals surface area contributed by atoms with Gasteiger partial charge in [-0.2, -0.15) is 13.2 Å². The second kappa shape index (κ2) is 7.21. The van der Waals surface area contributed by atoms with Crippen LogP contribution in [-0.4, -0.2) is 49.9 Å². The van der Waals surface area contributed by atoms with Crippen LogP contribution in [0.15, 0.2) is 24.3 Å². The van der Waals surface area contributed by atoms with E-state index in [-0.39, 0.29) is 30.5 Å². The van der Waals surface area contributed by atoms with Crippen molar-refractivity contribution >= 4 is 17.5 Å². The first kappa shape index (κ1) is 18.3. The summed E-state index contributed by atoms with van der Waals surface area (Å²) in [7, 11) is 3.62. The minimum atomic E-state index is -4.48. The fourth-order valence-corrected chi connectivity index (χ4v) is 2.50. The Morgan fingerprint density at radius 1 is 1.29 bits per heavy atom. The number of amides is 2. The summed E-state index contributed by atoms with van der Waals surface area (Å²) in [5.41, 5.74) is -0.629. The monoisotopic (exact) mass is 343 g/mol. The standard InChI is InChI=1S/C16H20F3N3O2/c1-21(2)8-9-22(15(24)13-6-7-14(23)20-13)12-5-3-4-11(10-12)16(17,18)19/h3-5,10,13H,6-9H2,1-2H3,(H,20,23). The molecule has 1 aliphatic heterocycles. The van der Waals surface area contributed by atoms with Crippen LogP contribution in [0.2, 0.25) is 0 Å². The van der Waals surface area contributed by atoms with Crippen molar-refractivity contribution in [3.63, 3.8) is 0 Å². The number of likely N-dealkylation sites (N-methyl/N-ethyl adjacent to an activating group) is 1. The minimum Gasteiger partial charge on any atom is -0.344 e. The molecule has 0 spiro atoms. The van der Waals surface area contributed by atoms with E-state index >= 15 is 0 Å². The maximum Gasteiger partial charge on any atom is 0.416 e. The Morgan fingerprint density at radius 2 is 2.00 bits per heavy atom. The van der Waals surface area contributed by atoms with Crippen LogP contribution in [0.5, 0.6) is 0 Å². The zero-order valence-electron chi connectivity index (χ0n) is 13.6. The number of anilines is 1. The van der Waals surface area contributed by atoms with E-state index in [1.807, 2.05) is 19.0 Å². The summed E-state index contributed by atoms with van der Waals surface area (Å²) in [4.78, 5) is 27.2. The molecule has 5 nitrogen and oxygen atoms in total. The van der Waals surface area contributed by atoms with Crippen molar-refractivity contribution in [3.8, 4) is 0 Å². The van der Waals surface area contributed by atoms with Gasteiger partial charge in [0.1, 0.15) is 6.04 Å². The molecule has 24 heavy (non-hydrogen) atoms. The number of nitrogens with one attached hydrogen (secondary N) is 1. The summed E-state index contributed by atoms with van der Waals surface area (Å²) in [5, 5.41) is 2.57. The number of benzene rings is 1. The zero-order valence-corrected chi connectivity index (χ0v) is 13.6. The molecule has 132 valence electrons. The van der Waals surface area contributed by atoms with Crippen LogP contribution in [0.3, 0.4) is 0 Å². The molecule has 1 N–H and O–H groups in total. The molecule has 8 heteroatoms. The lowest BCUT2D eigenvalue weighted by atomic mass is 10.1. The Balaban J connectivity index is 2.28. The van der Waals surface area contributed by atoms with Gasteiger partial charge in [-0.05, 0) is 38.7 Å². The van der Waals surface area contributed by atoms with Crippen molar-refractivity contribution in [1.29, 1.82) is 0 Å². The van der Waals surface area contributed by atoms with Gasteiger partial charge in [0.25, 0.3) is 0 Å². The van der Waals surface area contributed by atoms with Gasteiger partial charge in [0.05, 0.1) is 5.56 Å². The van der Waals surface area contributed by atoms with Crippen molar-refractivity contribution < 1.29 is 22.8 Å². The van der Waals surface area contributed by atoms with Gasteiger partial charge in [-0.15, -0.1) is 0 Å². The predicted octanol–water partition coefficient (Wildman–Crippen LogP) is 1.88. The fourth-order valence-electron chi connectivity index (χ4n) is 2.50. The molecular weight excluding hydrogens is 323 g/mol. The second-order valence-electron chi connectivity index (χ2n) is 6.00. The Labute approximate surface area is 138 Å². The highest BCUT2D eigenvalue weighted by atomic mass is 19.4. The second-order valence-corrected chi connectivity index (χ2v) is 6.00. The lowest BCUT2D eigenvalue weighted by molar-refractivity contribution is -0.137. The van der Waals surface area contributed by atoms with Crippen LogP contribution in [-0.2, 0) is 15.8 Å². The summed E-state index contributed by atoms with van der Waals surface area (Å²) >= 11 is 0. The molecule has 0 saturated carbocycles. The number of halogens is 3. The van der Waals surface area contributed by atoms with Crippen LogP contribution >= 0.6 is 0 Å². The van der Waals surface area contributed by atoms with Crippen LogP contribution < -0.4 is 10.2 Å². The van der Waals surface area contributed by atoms with Crippen molar-refractivity contribution in [2.24, 2.45) is 0 Å². The third-order valence-corrected chi connectivity index (χ3v) is 3.82. The predicted molar refractivity (Wildman–Crippen MR) is 83.5 cm³/mol. The molecule has 2 amide bonds. The lowest BCUT2D eigenvalue weighted by Crippen LogP contribution is -2.46. The van der Waals surface area contributed by atoms with E-state index in [1.165, 1.54) is 17.0 Å². The summed E-state index contributed by atoms with van der Waals surface area (Å²) in [6.45, 7) is 0.724. The van der Waals surface area contributed by atoms with E-state index in [0.29, 0.717) is 13.0 Å². The lowest BCUT2D eigenvalue weighted by Gasteiger charge is -2.27. The van der Waals surface area contributed by atoms with Gasteiger partial charge in [0, 0.05) is 25.2 Å². The first-order valence-corrected chi connectivity index (χ1v) is 7.61. The molecule has 0 bridgehead atoms. The normalized spacial score (nSPS) is 17.9. The molecular formula is C16H20F3N3O2. The quantitative estimate of drug-likeness (QED) is 0.888. The molecule has 1 aliphatic rings. The topological polar surface area (TPSA) is 52.7 Å². The van der Waals surface area contributed by atoms with Gasteiger partial charge in [-0.3, -0.25) is 9.59 Å². The Morgan fingerprint density at radius 3 is 2.54 bits per heavy atom. The van der Waals surface area contributed by atoms with Gasteiger partial charge >= 0.3 is 6.18 Å². The van der Waals surface area contributed by atoms with Crippen molar-refractivity contribution in [1.82, 2.24) is 10.2 Å². The highest BCUT2D eigenvalue weighted by Gasteiger charge is 2.34. The number of rotatable bonds is 5. The first-order valence-electron chi connectivity index (χ1n) is 7.61. The summed E-state index contributed by atoms with van der Waals surface area (Å²) < 4.78 is 38.8. The van der Waals surface area contributed by atoms with Gasteiger partial charge < -0.3 is 15.1 Å². The Kier molecular flexibility index (Phi) is 5.48. The number of nitrogens with zero attached hydrogens (tertiary/aromatic N) is 2. The number of carbonyl (C=O) groups excluding carboxylic acids is 2. The summed E-state index contributed by atoms with van der Waals surface area (Å²) in [6.07, 6.45) is -3.87. The van der Waals surface area contributed by atoms with Crippen molar-refractivity contribution in [2.45, 2.75) is 25.1 Å². The van der Waals surface area contributed by atoms with E-state index in [9.17, 15) is 22.8 Å². The molecule has 0 radical (unpaired) electrons. The largest absolute Gasteiger partial charge is 0.416 e. The van der Waals surface area contributed by atoms with Crippen LogP contribution in [0, 0.1) is 0 Å². The molecule has 2 rings (SSSR count). The fraction of sp³-hybridized carbons (Fsp3) is 0.500. The average molecular weight is 343 g/mol. The van der Waals surface area contributed by atoms with Crippen LogP contribution in [0.1, 0.15) is 18.4 Å². The first-order chi connectivity index (χ1) is 11.2. The van der Waals surface area contributed by atoms with Gasteiger partial charge in [-0.1, -0.05) is 6.07 Å². The number of carbonyl (C=O) groups is 2. The van der Waals surface area contributed by atoms with Crippen molar-refractivity contribution in [2.75, 3.05) is 32.1 Å². The van der Waals surface area contributed by atoms with Gasteiger partial charge in [0.15, 0.2) is 0 Å². The molecule has 1 unspecified atom stereocenters. The maximum absolute atomic E-state index is 12.9. The van der Waals surface area contributed by atoms with Gasteiger partial charge in [-0.25, -0.2) is 0 Å².